The monoisotopic (exact) mass is 919 g/mol. The van der Waals surface area contributed by atoms with Crippen molar-refractivity contribution in [1.29, 1.82) is 0 Å². The summed E-state index contributed by atoms with van der Waals surface area (Å²) in [5, 5.41) is 19.8. The Morgan fingerprint density at radius 3 is 1.65 bits per heavy atom. The zero-order valence-electron chi connectivity index (χ0n) is 37.6. The minimum atomic E-state index is -4.88. The van der Waals surface area contributed by atoms with Crippen LogP contribution < -0.4 is 0 Å². The first kappa shape index (κ1) is 59.5. The van der Waals surface area contributed by atoms with Gasteiger partial charge in [-0.15, -0.1) is 0 Å². The summed E-state index contributed by atoms with van der Waals surface area (Å²) in [6, 6.07) is 0. The molecule has 0 aliphatic heterocycles. The number of esters is 2. The maximum Gasteiger partial charge on any atom is 0.472 e. The predicted molar refractivity (Wildman–Crippen MR) is 245 cm³/mol. The van der Waals surface area contributed by atoms with Crippen LogP contribution in [-0.2, 0) is 41.8 Å². The number of hydrogen-bond donors (Lipinski definition) is 5. The summed E-state index contributed by atoms with van der Waals surface area (Å²) in [6.07, 6.45) is 42.0. The highest BCUT2D eigenvalue weighted by atomic mass is 31.2. The van der Waals surface area contributed by atoms with Crippen LogP contribution in [-0.4, -0.2) is 81.6 Å². The van der Waals surface area contributed by atoms with Crippen LogP contribution in [0.25, 0.3) is 0 Å². The van der Waals surface area contributed by atoms with Gasteiger partial charge in [0.2, 0.25) is 0 Å². The van der Waals surface area contributed by atoms with Gasteiger partial charge in [0.25, 0.3) is 0 Å². The van der Waals surface area contributed by atoms with Crippen molar-refractivity contribution in [2.75, 3.05) is 26.4 Å². The quantitative estimate of drug-likeness (QED) is 0.0127. The zero-order valence-corrected chi connectivity index (χ0v) is 39.3. The lowest BCUT2D eigenvalue weighted by atomic mass is 10.1. The van der Waals surface area contributed by atoms with Crippen molar-refractivity contribution in [3.8, 4) is 0 Å². The summed E-state index contributed by atoms with van der Waals surface area (Å²) in [4.78, 5) is 52.7. The van der Waals surface area contributed by atoms with Gasteiger partial charge >= 0.3 is 27.6 Å². The number of carbonyl (C=O) groups is 2. The number of carbonyl (C=O) groups excluding carboxylic acids is 2. The third-order valence-corrected chi connectivity index (χ3v) is 10.6. The van der Waals surface area contributed by atoms with Gasteiger partial charge in [-0.1, -0.05) is 145 Å². The molecule has 62 heavy (non-hydrogen) atoms. The second kappa shape index (κ2) is 41.2. The van der Waals surface area contributed by atoms with Crippen molar-refractivity contribution in [2.45, 2.75) is 180 Å². The molecule has 4 atom stereocenters. The molecule has 1 unspecified atom stereocenters. The first-order chi connectivity index (χ1) is 29.8. The van der Waals surface area contributed by atoms with E-state index in [0.29, 0.717) is 32.1 Å². The average molecular weight is 919 g/mol. The molecular weight excluding hydrogens is 838 g/mol. The van der Waals surface area contributed by atoms with E-state index in [4.69, 9.17) is 23.8 Å². The number of aliphatic hydroxyl groups is 2. The van der Waals surface area contributed by atoms with Gasteiger partial charge in [-0.3, -0.25) is 23.2 Å². The number of ether oxygens (including phenoxy) is 2. The summed E-state index contributed by atoms with van der Waals surface area (Å²) in [6.45, 7) is 1.54. The third-order valence-electron chi connectivity index (χ3n) is 9.14. The minimum Gasteiger partial charge on any atom is -0.462 e. The van der Waals surface area contributed by atoms with Crippen LogP contribution in [0.4, 0.5) is 0 Å². The van der Waals surface area contributed by atoms with Crippen LogP contribution in [0.5, 0.6) is 0 Å². The lowest BCUT2D eigenvalue weighted by Crippen LogP contribution is -2.29. The fourth-order valence-corrected chi connectivity index (χ4v) is 6.78. The van der Waals surface area contributed by atoms with Crippen LogP contribution in [0.3, 0.4) is 0 Å². The molecule has 0 rings (SSSR count). The van der Waals surface area contributed by atoms with E-state index in [9.17, 15) is 33.8 Å². The standard InChI is InChI=1S/C46H80O14P2/c1-3-5-7-9-11-12-13-14-15-16-17-18-19-20-24-28-32-36-45(49)56-40-44(41-59-62(54,55)58-39-43(48)38-57-61(51,52)53)60-46(50)37-33-29-25-21-23-27-31-35-42(47)34-30-26-22-10-8-6-4-2/h11-12,14-15,21-22,25-27,30-31,34,42-44,47-48H,3-10,13,16-20,23-24,28-29,32-33,35-41H2,1-2H3,(H,54,55)(H2,51,52,53)/b12-11-,15-14-,25-21+,26-22-,31-27-,34-30-/t42-,43-,44+/m0/s1. The van der Waals surface area contributed by atoms with Crippen molar-refractivity contribution in [1.82, 2.24) is 0 Å². The number of rotatable bonds is 42. The molecule has 0 fully saturated rings. The predicted octanol–water partition coefficient (Wildman–Crippen LogP) is 10.8. The Balaban J connectivity index is 4.66. The fourth-order valence-electron chi connectivity index (χ4n) is 5.63. The van der Waals surface area contributed by atoms with Gasteiger partial charge in [0.05, 0.1) is 25.9 Å². The van der Waals surface area contributed by atoms with E-state index in [2.05, 4.69) is 53.3 Å². The molecule has 0 aliphatic rings. The van der Waals surface area contributed by atoms with Crippen molar-refractivity contribution < 1.29 is 66.7 Å². The molecule has 358 valence electrons. The molecule has 0 radical (unpaired) electrons. The van der Waals surface area contributed by atoms with Gasteiger partial charge in [0.15, 0.2) is 6.10 Å². The average Bonchev–Trinajstić information content (AvgIpc) is 3.23. The molecule has 5 N–H and O–H groups in total. The molecule has 0 aromatic carbocycles. The van der Waals surface area contributed by atoms with Gasteiger partial charge in [0, 0.05) is 12.8 Å². The first-order valence-corrected chi connectivity index (χ1v) is 25.8. The highest BCUT2D eigenvalue weighted by Crippen LogP contribution is 2.43. The van der Waals surface area contributed by atoms with Crippen molar-refractivity contribution >= 4 is 27.6 Å². The Morgan fingerprint density at radius 1 is 0.532 bits per heavy atom. The van der Waals surface area contributed by atoms with Crippen molar-refractivity contribution in [3.05, 3.63) is 72.9 Å². The molecule has 0 spiro atoms. The number of phosphoric ester groups is 2. The zero-order chi connectivity index (χ0) is 46.0. The SMILES string of the molecule is CCCCC/C=C\C=C/[C@H](O)C/C=C\C/C=C/CCCC(=O)O[C@H](COC(=O)CCCCCCCCC/C=C\C/C=C\CCCCC)COP(=O)(O)OC[C@@H](O)COP(=O)(O)O. The molecular formula is C46H80O14P2. The van der Waals surface area contributed by atoms with E-state index in [-0.39, 0.29) is 12.8 Å². The second-order valence-corrected chi connectivity index (χ2v) is 17.9. The van der Waals surface area contributed by atoms with Gasteiger partial charge in [-0.2, -0.15) is 0 Å². The van der Waals surface area contributed by atoms with Crippen LogP contribution in [0.1, 0.15) is 162 Å². The molecule has 0 saturated heterocycles. The summed E-state index contributed by atoms with van der Waals surface area (Å²) in [5.41, 5.74) is 0. The van der Waals surface area contributed by atoms with E-state index in [1.165, 1.54) is 38.5 Å². The summed E-state index contributed by atoms with van der Waals surface area (Å²) in [5.74, 6) is -1.15. The van der Waals surface area contributed by atoms with Gasteiger partial charge in [0.1, 0.15) is 12.7 Å². The molecule has 16 heteroatoms. The minimum absolute atomic E-state index is 0.0167. The number of phosphoric acid groups is 2. The molecule has 0 bridgehead atoms. The maximum absolute atomic E-state index is 12.7. The topological polar surface area (TPSA) is 216 Å². The summed E-state index contributed by atoms with van der Waals surface area (Å²) in [7, 11) is -9.73. The Hall–Kier alpha value is -2.48. The Bertz CT molecular complexity index is 1390. The Kier molecular flexibility index (Phi) is 39.6. The Morgan fingerprint density at radius 2 is 1.03 bits per heavy atom. The van der Waals surface area contributed by atoms with Crippen LogP contribution >= 0.6 is 15.6 Å². The van der Waals surface area contributed by atoms with Gasteiger partial charge in [-0.05, 0) is 77.0 Å². The number of aliphatic hydroxyl groups excluding tert-OH is 2. The van der Waals surface area contributed by atoms with Crippen LogP contribution in [0.2, 0.25) is 0 Å². The fraction of sp³-hybridized carbons (Fsp3) is 0.696. The highest BCUT2D eigenvalue weighted by molar-refractivity contribution is 7.47. The second-order valence-electron chi connectivity index (χ2n) is 15.2. The normalized spacial score (nSPS) is 15.1. The van der Waals surface area contributed by atoms with E-state index in [1.807, 2.05) is 36.5 Å². The maximum atomic E-state index is 12.7. The highest BCUT2D eigenvalue weighted by Gasteiger charge is 2.28. The summed E-state index contributed by atoms with van der Waals surface area (Å²) < 4.78 is 47.7. The van der Waals surface area contributed by atoms with Crippen LogP contribution in [0.15, 0.2) is 72.9 Å². The number of hydrogen-bond acceptors (Lipinski definition) is 11. The molecule has 0 heterocycles. The van der Waals surface area contributed by atoms with E-state index >= 15 is 0 Å². The third kappa shape index (κ3) is 44.1. The lowest BCUT2D eigenvalue weighted by molar-refractivity contribution is -0.161. The molecule has 0 aromatic rings. The first-order valence-electron chi connectivity index (χ1n) is 22.7. The van der Waals surface area contributed by atoms with Crippen molar-refractivity contribution in [3.63, 3.8) is 0 Å². The van der Waals surface area contributed by atoms with Crippen molar-refractivity contribution in [2.24, 2.45) is 0 Å². The molecule has 0 amide bonds. The van der Waals surface area contributed by atoms with E-state index < -0.39 is 72.3 Å². The van der Waals surface area contributed by atoms with E-state index in [1.54, 1.807) is 6.08 Å². The van der Waals surface area contributed by atoms with Gasteiger partial charge in [-0.25, -0.2) is 9.13 Å². The number of allylic oxidation sites excluding steroid dienone is 10. The lowest BCUT2D eigenvalue weighted by Gasteiger charge is -2.20. The Labute approximate surface area is 372 Å². The largest absolute Gasteiger partial charge is 0.472 e. The number of unbranched alkanes of at least 4 members (excludes halogenated alkanes) is 14. The van der Waals surface area contributed by atoms with Gasteiger partial charge < -0.3 is 34.4 Å². The smallest absolute Gasteiger partial charge is 0.462 e. The molecule has 0 aromatic heterocycles. The molecule has 14 nitrogen and oxygen atoms in total. The summed E-state index contributed by atoms with van der Waals surface area (Å²) >= 11 is 0. The van der Waals surface area contributed by atoms with E-state index in [0.717, 1.165) is 64.2 Å². The van der Waals surface area contributed by atoms with Crippen LogP contribution in [0, 0.1) is 0 Å². The molecule has 0 saturated carbocycles. The molecule has 0 aliphatic carbocycles.